The normalized spacial score (nSPS) is 12.9. The van der Waals surface area contributed by atoms with Crippen molar-refractivity contribution < 1.29 is 5.11 Å². The zero-order valence-electron chi connectivity index (χ0n) is 9.28. The molecule has 1 heterocycles. The number of hydrogen-bond acceptors (Lipinski definition) is 5. The average molecular weight is 325 g/mol. The van der Waals surface area contributed by atoms with Gasteiger partial charge in [0.1, 0.15) is 5.01 Å². The Morgan fingerprint density at radius 1 is 1.62 bits per heavy atom. The van der Waals surface area contributed by atoms with E-state index in [0.717, 1.165) is 33.3 Å². The van der Waals surface area contributed by atoms with Crippen molar-refractivity contribution in [1.82, 2.24) is 10.3 Å². The van der Waals surface area contributed by atoms with E-state index in [9.17, 15) is 0 Å². The summed E-state index contributed by atoms with van der Waals surface area (Å²) in [5.41, 5.74) is 0. The van der Waals surface area contributed by atoms with Gasteiger partial charge in [0.2, 0.25) is 0 Å². The first kappa shape index (κ1) is 14.4. The maximum absolute atomic E-state index is 8.62. The molecule has 0 fully saturated rings. The summed E-state index contributed by atoms with van der Waals surface area (Å²) < 4.78 is 1.08. The summed E-state index contributed by atoms with van der Waals surface area (Å²) in [6, 6.07) is 0.315. The fraction of sp³-hybridized carbons (Fsp3) is 0.700. The molecule has 16 heavy (non-hydrogen) atoms. The molecule has 1 rings (SSSR count). The molecule has 1 aromatic heterocycles. The van der Waals surface area contributed by atoms with Crippen LogP contribution in [0.15, 0.2) is 9.98 Å². The van der Waals surface area contributed by atoms with Crippen LogP contribution in [0.3, 0.4) is 0 Å². The lowest BCUT2D eigenvalue weighted by atomic mass is 10.3. The van der Waals surface area contributed by atoms with Gasteiger partial charge in [0.15, 0.2) is 0 Å². The molecule has 0 aliphatic heterocycles. The highest BCUT2D eigenvalue weighted by Crippen LogP contribution is 2.23. The maximum Gasteiger partial charge on any atom is 0.110 e. The Balaban J connectivity index is 2.09. The molecule has 0 amide bonds. The summed E-state index contributed by atoms with van der Waals surface area (Å²) in [6.07, 6.45) is 2.73. The molecule has 92 valence electrons. The van der Waals surface area contributed by atoms with Crippen LogP contribution in [-0.4, -0.2) is 34.7 Å². The molecule has 0 aliphatic rings. The highest BCUT2D eigenvalue weighted by molar-refractivity contribution is 9.11. The van der Waals surface area contributed by atoms with E-state index in [2.05, 4.69) is 33.2 Å². The molecule has 3 nitrogen and oxygen atoms in total. The number of rotatable bonds is 8. The second kappa shape index (κ2) is 8.47. The van der Waals surface area contributed by atoms with Gasteiger partial charge in [0, 0.05) is 18.9 Å². The predicted molar refractivity (Wildman–Crippen MR) is 75.3 cm³/mol. The first-order chi connectivity index (χ1) is 7.74. The van der Waals surface area contributed by atoms with Crippen LogP contribution in [0.1, 0.15) is 24.4 Å². The van der Waals surface area contributed by atoms with Crippen molar-refractivity contribution in [2.24, 2.45) is 0 Å². The number of halogens is 1. The molecule has 0 aromatic carbocycles. The monoisotopic (exact) mass is 324 g/mol. The third-order valence-electron chi connectivity index (χ3n) is 2.01. The molecule has 0 saturated heterocycles. The zero-order chi connectivity index (χ0) is 11.8. The van der Waals surface area contributed by atoms with Gasteiger partial charge in [0.05, 0.1) is 16.0 Å². The van der Waals surface area contributed by atoms with Gasteiger partial charge in [-0.1, -0.05) is 0 Å². The average Bonchev–Trinajstić information content (AvgIpc) is 2.70. The zero-order valence-corrected chi connectivity index (χ0v) is 12.5. The van der Waals surface area contributed by atoms with Gasteiger partial charge in [-0.3, -0.25) is 0 Å². The van der Waals surface area contributed by atoms with Crippen LogP contribution < -0.4 is 5.32 Å². The molecule has 1 aromatic rings. The van der Waals surface area contributed by atoms with E-state index in [-0.39, 0.29) is 0 Å². The summed E-state index contributed by atoms with van der Waals surface area (Å²) in [5, 5.41) is 13.2. The third-order valence-corrected chi connectivity index (χ3v) is 4.74. The maximum atomic E-state index is 8.62. The number of aromatic nitrogens is 1. The molecule has 2 N–H and O–H groups in total. The highest BCUT2D eigenvalue weighted by atomic mass is 79.9. The Kier molecular flexibility index (Phi) is 7.64. The van der Waals surface area contributed by atoms with E-state index >= 15 is 0 Å². The molecule has 0 radical (unpaired) electrons. The molecule has 1 atom stereocenters. The lowest BCUT2D eigenvalue weighted by Gasteiger charge is -2.10. The van der Waals surface area contributed by atoms with Crippen molar-refractivity contribution in [2.45, 2.75) is 19.4 Å². The van der Waals surface area contributed by atoms with Crippen LogP contribution in [0, 0.1) is 0 Å². The van der Waals surface area contributed by atoms with Crippen LogP contribution in [0.4, 0.5) is 0 Å². The van der Waals surface area contributed by atoms with E-state index in [4.69, 9.17) is 5.11 Å². The summed E-state index contributed by atoms with van der Waals surface area (Å²) in [4.78, 5) is 4.31. The Labute approximate surface area is 113 Å². The Morgan fingerprint density at radius 3 is 3.06 bits per heavy atom. The van der Waals surface area contributed by atoms with Gasteiger partial charge in [-0.15, -0.1) is 11.3 Å². The molecule has 1 unspecified atom stereocenters. The highest BCUT2D eigenvalue weighted by Gasteiger charge is 2.08. The van der Waals surface area contributed by atoms with Crippen molar-refractivity contribution >= 4 is 39.0 Å². The van der Waals surface area contributed by atoms with Crippen molar-refractivity contribution in [2.75, 3.05) is 24.7 Å². The third kappa shape index (κ3) is 5.63. The van der Waals surface area contributed by atoms with Crippen LogP contribution in [0.2, 0.25) is 0 Å². The van der Waals surface area contributed by atoms with E-state index in [0.29, 0.717) is 12.6 Å². The minimum atomic E-state index is 0.296. The Morgan fingerprint density at radius 2 is 2.44 bits per heavy atom. The quantitative estimate of drug-likeness (QED) is 0.722. The summed E-state index contributed by atoms with van der Waals surface area (Å²) in [7, 11) is 0. The van der Waals surface area contributed by atoms with E-state index in [1.165, 1.54) is 0 Å². The number of nitrogens with one attached hydrogen (secondary N) is 1. The molecule has 0 aliphatic carbocycles. The van der Waals surface area contributed by atoms with Crippen molar-refractivity contribution in [3.63, 3.8) is 0 Å². The van der Waals surface area contributed by atoms with Gasteiger partial charge in [-0.05, 0) is 35.0 Å². The second-order valence-corrected chi connectivity index (χ2v) is 7.03. The lowest BCUT2D eigenvalue weighted by Crippen LogP contribution is -2.21. The molecule has 6 heteroatoms. The van der Waals surface area contributed by atoms with Crippen molar-refractivity contribution in [1.29, 1.82) is 0 Å². The molecular formula is C10H17BrN2OS2. The summed E-state index contributed by atoms with van der Waals surface area (Å²) >= 11 is 6.95. The summed E-state index contributed by atoms with van der Waals surface area (Å²) in [5.74, 6) is 2.12. The van der Waals surface area contributed by atoms with Crippen LogP contribution in [0.25, 0.3) is 0 Å². The van der Waals surface area contributed by atoms with Crippen molar-refractivity contribution in [3.8, 4) is 0 Å². The van der Waals surface area contributed by atoms with Crippen LogP contribution in [0.5, 0.6) is 0 Å². The van der Waals surface area contributed by atoms with E-state index < -0.39 is 0 Å². The van der Waals surface area contributed by atoms with Crippen LogP contribution in [-0.2, 0) is 0 Å². The lowest BCUT2D eigenvalue weighted by molar-refractivity contribution is 0.296. The SMILES string of the molecule is CC(NCCSCCCO)c1ncc(Br)s1. The van der Waals surface area contributed by atoms with Gasteiger partial charge in [-0.25, -0.2) is 4.98 Å². The Hall–Kier alpha value is 0.380. The minimum Gasteiger partial charge on any atom is -0.396 e. The topological polar surface area (TPSA) is 45.1 Å². The number of thiazole rings is 1. The van der Waals surface area contributed by atoms with Gasteiger partial charge in [-0.2, -0.15) is 11.8 Å². The van der Waals surface area contributed by atoms with Gasteiger partial charge >= 0.3 is 0 Å². The molecule has 0 saturated carbocycles. The first-order valence-electron chi connectivity index (χ1n) is 5.27. The number of hydrogen-bond donors (Lipinski definition) is 2. The molecule has 0 spiro atoms. The fourth-order valence-electron chi connectivity index (χ4n) is 1.17. The summed E-state index contributed by atoms with van der Waals surface area (Å²) in [6.45, 7) is 3.40. The first-order valence-corrected chi connectivity index (χ1v) is 8.03. The van der Waals surface area contributed by atoms with E-state index in [1.54, 1.807) is 11.3 Å². The van der Waals surface area contributed by atoms with Crippen LogP contribution >= 0.6 is 39.0 Å². The van der Waals surface area contributed by atoms with E-state index in [1.807, 2.05) is 18.0 Å². The fourth-order valence-corrected chi connectivity index (χ4v) is 3.24. The largest absolute Gasteiger partial charge is 0.396 e. The van der Waals surface area contributed by atoms with Gasteiger partial charge < -0.3 is 10.4 Å². The minimum absolute atomic E-state index is 0.296. The van der Waals surface area contributed by atoms with Gasteiger partial charge in [0.25, 0.3) is 0 Å². The smallest absolute Gasteiger partial charge is 0.110 e. The predicted octanol–water partition coefficient (Wildman–Crippen LogP) is 2.67. The Bertz CT molecular complexity index is 296. The number of nitrogens with zero attached hydrogens (tertiary/aromatic N) is 1. The number of aliphatic hydroxyl groups is 1. The standard InChI is InChI=1S/C10H17BrN2OS2/c1-8(10-13-7-9(11)16-10)12-3-6-15-5-2-4-14/h7-8,12,14H,2-6H2,1H3. The number of thioether (sulfide) groups is 1. The molecule has 0 bridgehead atoms. The number of aliphatic hydroxyl groups excluding tert-OH is 1. The molecular weight excluding hydrogens is 308 g/mol. The van der Waals surface area contributed by atoms with Crippen molar-refractivity contribution in [3.05, 3.63) is 15.0 Å². The second-order valence-electron chi connectivity index (χ2n) is 3.37.